The van der Waals surface area contributed by atoms with Crippen LogP contribution in [0.1, 0.15) is 27.9 Å². The molecule has 2 fully saturated rings. The predicted octanol–water partition coefficient (Wildman–Crippen LogP) is 2.97. The van der Waals surface area contributed by atoms with Gasteiger partial charge in [-0.1, -0.05) is 6.07 Å². The van der Waals surface area contributed by atoms with Crippen molar-refractivity contribution in [3.63, 3.8) is 0 Å². The fourth-order valence-electron chi connectivity index (χ4n) is 5.08. The molecule has 2 aliphatic rings. The number of nitrogens with zero attached hydrogens (tertiary/aromatic N) is 2. The summed E-state index contributed by atoms with van der Waals surface area (Å²) in [4.78, 5) is 19.2. The van der Waals surface area contributed by atoms with Gasteiger partial charge in [0.15, 0.2) is 0 Å². The maximum absolute atomic E-state index is 12.3. The zero-order chi connectivity index (χ0) is 22.6. The summed E-state index contributed by atoms with van der Waals surface area (Å²) < 4.78 is 0. The molecule has 2 atom stereocenters. The van der Waals surface area contributed by atoms with E-state index in [0.29, 0.717) is 28.9 Å². The number of pyridine rings is 1. The van der Waals surface area contributed by atoms with Crippen LogP contribution in [0, 0.1) is 13.8 Å². The van der Waals surface area contributed by atoms with Crippen molar-refractivity contribution in [3.05, 3.63) is 59.3 Å². The summed E-state index contributed by atoms with van der Waals surface area (Å²) in [6.45, 7) is 5.72. The predicted molar refractivity (Wildman–Crippen MR) is 127 cm³/mol. The van der Waals surface area contributed by atoms with Gasteiger partial charge in [-0.15, -0.1) is 0 Å². The normalized spacial score (nSPS) is 19.5. The second kappa shape index (κ2) is 7.53. The van der Waals surface area contributed by atoms with E-state index in [9.17, 15) is 9.90 Å². The molecule has 2 aromatic carbocycles. The van der Waals surface area contributed by atoms with E-state index in [0.717, 1.165) is 47.6 Å². The molecule has 0 unspecified atom stereocenters. The van der Waals surface area contributed by atoms with Crippen LogP contribution < -0.4 is 21.7 Å². The summed E-state index contributed by atoms with van der Waals surface area (Å²) in [5, 5.41) is 13.8. The number of anilines is 2. The highest BCUT2D eigenvalue weighted by molar-refractivity contribution is 6.04. The first-order valence-electron chi connectivity index (χ1n) is 10.8. The van der Waals surface area contributed by atoms with Crippen molar-refractivity contribution in [1.82, 2.24) is 10.3 Å². The minimum Gasteiger partial charge on any atom is -0.508 e. The van der Waals surface area contributed by atoms with Crippen LogP contribution in [0.25, 0.3) is 22.3 Å². The number of amides is 1. The standard InChI is InChI=1S/C25H27N5O2/c1-13-3-4-21(31)14(2)23(13)19-7-16(8-20(24(19)26)25(27)32)15-5-6-28-22(9-15)30-12-17-10-18(30)11-29-17/h3-9,17-18,29,31H,10-12,26H2,1-2H3,(H2,27,32)/t17-,18-/m0/s1. The SMILES string of the molecule is Cc1ccc(O)c(C)c1-c1cc(-c2ccnc(N3C[C@@H]4C[C@H]3CN4)c2)cc(C(N)=O)c1N. The first kappa shape index (κ1) is 20.3. The number of fused-ring (bicyclic) bond motifs is 2. The van der Waals surface area contributed by atoms with E-state index in [1.165, 1.54) is 0 Å². The number of carbonyl (C=O) groups is 1. The fourth-order valence-corrected chi connectivity index (χ4v) is 5.08. The Kier molecular flexibility index (Phi) is 4.78. The van der Waals surface area contributed by atoms with Crippen LogP contribution in [0.15, 0.2) is 42.6 Å². The second-order valence-corrected chi connectivity index (χ2v) is 8.80. The molecule has 2 bridgehead atoms. The monoisotopic (exact) mass is 429 g/mol. The van der Waals surface area contributed by atoms with Crippen molar-refractivity contribution in [2.75, 3.05) is 23.7 Å². The van der Waals surface area contributed by atoms with Crippen LogP contribution in [0.4, 0.5) is 11.5 Å². The lowest BCUT2D eigenvalue weighted by Gasteiger charge is -2.28. The van der Waals surface area contributed by atoms with E-state index in [-0.39, 0.29) is 11.3 Å². The summed E-state index contributed by atoms with van der Waals surface area (Å²) in [5.41, 5.74) is 17.6. The smallest absolute Gasteiger partial charge is 0.250 e. The molecule has 5 rings (SSSR count). The molecule has 2 saturated heterocycles. The fraction of sp³-hybridized carbons (Fsp3) is 0.280. The minimum atomic E-state index is -0.585. The molecule has 0 spiro atoms. The van der Waals surface area contributed by atoms with Crippen molar-refractivity contribution < 1.29 is 9.90 Å². The van der Waals surface area contributed by atoms with Gasteiger partial charge in [0.2, 0.25) is 0 Å². The number of hydrogen-bond acceptors (Lipinski definition) is 6. The number of primary amides is 1. The molecule has 1 amide bonds. The number of carbonyl (C=O) groups excluding carboxylic acids is 1. The third-order valence-electron chi connectivity index (χ3n) is 6.79. The minimum absolute atomic E-state index is 0.180. The van der Waals surface area contributed by atoms with E-state index in [2.05, 4.69) is 21.3 Å². The average molecular weight is 430 g/mol. The number of piperazine rings is 1. The number of benzene rings is 2. The first-order valence-corrected chi connectivity index (χ1v) is 10.8. The van der Waals surface area contributed by atoms with Crippen LogP contribution in [0.2, 0.25) is 0 Å². The molecular weight excluding hydrogens is 402 g/mol. The number of nitrogens with one attached hydrogen (secondary N) is 1. The first-order chi connectivity index (χ1) is 15.3. The molecule has 2 aliphatic heterocycles. The molecule has 1 aromatic heterocycles. The number of rotatable bonds is 4. The van der Waals surface area contributed by atoms with Crippen LogP contribution in [0.3, 0.4) is 0 Å². The maximum Gasteiger partial charge on any atom is 0.250 e. The highest BCUT2D eigenvalue weighted by Gasteiger charge is 2.38. The number of phenols is 1. The molecule has 0 aliphatic carbocycles. The molecule has 0 saturated carbocycles. The Morgan fingerprint density at radius 2 is 2.00 bits per heavy atom. The van der Waals surface area contributed by atoms with Gasteiger partial charge in [-0.05, 0) is 78.4 Å². The summed E-state index contributed by atoms with van der Waals surface area (Å²) in [7, 11) is 0. The topological polar surface area (TPSA) is 118 Å². The van der Waals surface area contributed by atoms with Crippen molar-refractivity contribution in [1.29, 1.82) is 0 Å². The molecular formula is C25H27N5O2. The Balaban J connectivity index is 1.66. The van der Waals surface area contributed by atoms with E-state index < -0.39 is 5.91 Å². The molecule has 164 valence electrons. The molecule has 3 heterocycles. The number of nitrogen functional groups attached to an aromatic ring is 1. The lowest BCUT2D eigenvalue weighted by Crippen LogP contribution is -2.43. The Hall–Kier alpha value is -3.58. The van der Waals surface area contributed by atoms with Gasteiger partial charge in [0, 0.05) is 36.9 Å². The van der Waals surface area contributed by atoms with Gasteiger partial charge < -0.3 is 26.8 Å². The second-order valence-electron chi connectivity index (χ2n) is 8.80. The van der Waals surface area contributed by atoms with Crippen LogP contribution in [-0.2, 0) is 0 Å². The number of hydrogen-bond donors (Lipinski definition) is 4. The number of aryl methyl sites for hydroxylation is 1. The largest absolute Gasteiger partial charge is 0.508 e. The van der Waals surface area contributed by atoms with E-state index >= 15 is 0 Å². The van der Waals surface area contributed by atoms with Gasteiger partial charge in [-0.2, -0.15) is 0 Å². The zero-order valence-corrected chi connectivity index (χ0v) is 18.2. The molecule has 3 aromatic rings. The van der Waals surface area contributed by atoms with E-state index in [1.807, 2.05) is 32.0 Å². The summed E-state index contributed by atoms with van der Waals surface area (Å²) in [6.07, 6.45) is 2.94. The highest BCUT2D eigenvalue weighted by Crippen LogP contribution is 2.40. The van der Waals surface area contributed by atoms with Crippen molar-refractivity contribution >= 4 is 17.4 Å². The molecule has 7 nitrogen and oxygen atoms in total. The van der Waals surface area contributed by atoms with Crippen molar-refractivity contribution in [2.24, 2.45) is 5.73 Å². The number of nitrogens with two attached hydrogens (primary N) is 2. The Labute approximate surface area is 187 Å². The van der Waals surface area contributed by atoms with E-state index in [1.54, 1.807) is 18.3 Å². The average Bonchev–Trinajstić information content (AvgIpc) is 3.41. The Bertz CT molecular complexity index is 1240. The summed E-state index contributed by atoms with van der Waals surface area (Å²) >= 11 is 0. The van der Waals surface area contributed by atoms with Crippen molar-refractivity contribution in [3.8, 4) is 28.0 Å². The lowest BCUT2D eigenvalue weighted by molar-refractivity contribution is 0.100. The summed E-state index contributed by atoms with van der Waals surface area (Å²) in [5.74, 6) is 0.526. The maximum atomic E-state index is 12.3. The van der Waals surface area contributed by atoms with Gasteiger partial charge in [0.05, 0.1) is 11.3 Å². The third-order valence-corrected chi connectivity index (χ3v) is 6.79. The molecule has 7 heteroatoms. The number of aromatic nitrogens is 1. The van der Waals surface area contributed by atoms with Crippen LogP contribution in [-0.4, -0.2) is 41.2 Å². The molecule has 0 radical (unpaired) electrons. The van der Waals surface area contributed by atoms with Crippen molar-refractivity contribution in [2.45, 2.75) is 32.4 Å². The third kappa shape index (κ3) is 3.26. The lowest BCUT2D eigenvalue weighted by atomic mass is 9.89. The number of phenolic OH excluding ortho intramolecular Hbond substituents is 1. The van der Waals surface area contributed by atoms with Gasteiger partial charge in [-0.25, -0.2) is 4.98 Å². The van der Waals surface area contributed by atoms with Gasteiger partial charge in [-0.3, -0.25) is 4.79 Å². The quantitative estimate of drug-likeness (QED) is 0.474. The Morgan fingerprint density at radius 1 is 1.19 bits per heavy atom. The van der Waals surface area contributed by atoms with E-state index in [4.69, 9.17) is 11.5 Å². The van der Waals surface area contributed by atoms with Gasteiger partial charge in [0.25, 0.3) is 5.91 Å². The summed E-state index contributed by atoms with van der Waals surface area (Å²) in [6, 6.07) is 12.2. The number of aromatic hydroxyl groups is 1. The molecule has 32 heavy (non-hydrogen) atoms. The molecule has 6 N–H and O–H groups in total. The highest BCUT2D eigenvalue weighted by atomic mass is 16.3. The van der Waals surface area contributed by atoms with Gasteiger partial charge in [0.1, 0.15) is 11.6 Å². The Morgan fingerprint density at radius 3 is 2.69 bits per heavy atom. The van der Waals surface area contributed by atoms with Gasteiger partial charge >= 0.3 is 0 Å². The zero-order valence-electron chi connectivity index (χ0n) is 18.2. The van der Waals surface area contributed by atoms with Crippen LogP contribution in [0.5, 0.6) is 5.75 Å². The van der Waals surface area contributed by atoms with Crippen LogP contribution >= 0.6 is 0 Å².